The Balaban J connectivity index is 2.24. The summed E-state index contributed by atoms with van der Waals surface area (Å²) in [4.78, 5) is 14.9. The van der Waals surface area contributed by atoms with Crippen molar-refractivity contribution in [2.75, 3.05) is 44.2 Å². The molecule has 1 aliphatic heterocycles. The number of β-amino-alcohol motifs (C(OH)–C–C–N with tert-alkyl or cyclic N) is 1. The minimum Gasteiger partial charge on any atom is -0.395 e. The number of halogens is 2. The maximum Gasteiger partial charge on any atom is 0.294 e. The second-order valence-electron chi connectivity index (χ2n) is 4.92. The van der Waals surface area contributed by atoms with Crippen molar-refractivity contribution in [3.8, 4) is 0 Å². The lowest BCUT2D eigenvalue weighted by atomic mass is 10.2. The van der Waals surface area contributed by atoms with Crippen LogP contribution in [-0.4, -0.2) is 54.3 Å². The number of anilines is 1. The van der Waals surface area contributed by atoms with Crippen LogP contribution in [0.1, 0.15) is 6.42 Å². The monoisotopic (exact) mass is 333 g/mol. The van der Waals surface area contributed by atoms with Gasteiger partial charge in [0.05, 0.1) is 21.6 Å². The summed E-state index contributed by atoms with van der Waals surface area (Å²) in [6.07, 6.45) is 0.872. The Bertz CT molecular complexity index is 528. The lowest BCUT2D eigenvalue weighted by molar-refractivity contribution is -0.384. The molecule has 0 aromatic heterocycles. The molecule has 0 spiro atoms. The van der Waals surface area contributed by atoms with E-state index < -0.39 is 4.92 Å². The summed E-state index contributed by atoms with van der Waals surface area (Å²) < 4.78 is 0. The van der Waals surface area contributed by atoms with Crippen molar-refractivity contribution >= 4 is 34.6 Å². The van der Waals surface area contributed by atoms with Gasteiger partial charge in [-0.25, -0.2) is 0 Å². The molecule has 0 amide bonds. The number of rotatable bonds is 4. The van der Waals surface area contributed by atoms with Gasteiger partial charge in [-0.1, -0.05) is 23.2 Å². The van der Waals surface area contributed by atoms with Gasteiger partial charge in [-0.05, 0) is 19.0 Å². The molecule has 8 heteroatoms. The fourth-order valence-corrected chi connectivity index (χ4v) is 2.82. The average molecular weight is 334 g/mol. The van der Waals surface area contributed by atoms with Gasteiger partial charge in [0.2, 0.25) is 0 Å². The SMILES string of the molecule is O=[N+]([O-])c1cc(Cl)c(Cl)cc1N1CCCN(CCO)CC1. The van der Waals surface area contributed by atoms with Crippen molar-refractivity contribution in [1.29, 1.82) is 0 Å². The molecule has 1 N–H and O–H groups in total. The van der Waals surface area contributed by atoms with Crippen LogP contribution >= 0.6 is 23.2 Å². The third-order valence-electron chi connectivity index (χ3n) is 3.56. The highest BCUT2D eigenvalue weighted by Gasteiger charge is 2.24. The Labute approximate surface area is 133 Å². The standard InChI is InChI=1S/C13H17Cl2N3O3/c14-10-8-12(13(18(20)21)9-11(10)15)17-3-1-2-16(4-5-17)6-7-19/h8-9,19H,1-7H2. The molecule has 2 rings (SSSR count). The Hall–Kier alpha value is -1.08. The summed E-state index contributed by atoms with van der Waals surface area (Å²) in [6.45, 7) is 3.72. The van der Waals surface area contributed by atoms with Crippen LogP contribution in [0.25, 0.3) is 0 Å². The van der Waals surface area contributed by atoms with Gasteiger partial charge in [0, 0.05) is 32.2 Å². The quantitative estimate of drug-likeness (QED) is 0.676. The number of nitrogens with zero attached hydrogens (tertiary/aromatic N) is 3. The minimum atomic E-state index is -0.437. The number of aliphatic hydroxyl groups is 1. The van der Waals surface area contributed by atoms with E-state index in [1.807, 2.05) is 4.90 Å². The van der Waals surface area contributed by atoms with E-state index in [0.29, 0.717) is 30.3 Å². The summed E-state index contributed by atoms with van der Waals surface area (Å²) in [5.74, 6) is 0. The minimum absolute atomic E-state index is 0.0278. The first-order valence-corrected chi connectivity index (χ1v) is 7.50. The molecule has 1 aromatic carbocycles. The second kappa shape index (κ2) is 7.26. The van der Waals surface area contributed by atoms with Crippen LogP contribution in [0.15, 0.2) is 12.1 Å². The molecule has 0 unspecified atom stereocenters. The van der Waals surface area contributed by atoms with E-state index in [1.165, 1.54) is 6.07 Å². The van der Waals surface area contributed by atoms with E-state index in [2.05, 4.69) is 4.90 Å². The van der Waals surface area contributed by atoms with Gasteiger partial charge in [0.25, 0.3) is 5.69 Å². The number of nitro groups is 1. The zero-order valence-corrected chi connectivity index (χ0v) is 13.0. The molecule has 1 aliphatic rings. The van der Waals surface area contributed by atoms with Crippen molar-refractivity contribution < 1.29 is 10.0 Å². The molecule has 0 radical (unpaired) electrons. The van der Waals surface area contributed by atoms with Crippen LogP contribution in [0.2, 0.25) is 10.0 Å². The van der Waals surface area contributed by atoms with E-state index in [-0.39, 0.29) is 17.3 Å². The maximum absolute atomic E-state index is 11.2. The van der Waals surface area contributed by atoms with Gasteiger partial charge in [0.1, 0.15) is 5.69 Å². The lowest BCUT2D eigenvalue weighted by Crippen LogP contribution is -2.32. The highest BCUT2D eigenvalue weighted by atomic mass is 35.5. The Morgan fingerprint density at radius 1 is 1.19 bits per heavy atom. The van der Waals surface area contributed by atoms with Crippen LogP contribution in [0, 0.1) is 10.1 Å². The molecule has 0 aliphatic carbocycles. The number of aliphatic hydroxyl groups excluding tert-OH is 1. The molecule has 0 atom stereocenters. The highest BCUT2D eigenvalue weighted by Crippen LogP contribution is 2.36. The predicted octanol–water partition coefficient (Wildman–Crippen LogP) is 2.41. The molecule has 0 bridgehead atoms. The van der Waals surface area contributed by atoms with Gasteiger partial charge < -0.3 is 10.0 Å². The van der Waals surface area contributed by atoms with Crippen LogP contribution in [0.5, 0.6) is 0 Å². The molecule has 1 saturated heterocycles. The van der Waals surface area contributed by atoms with Crippen LogP contribution in [0.3, 0.4) is 0 Å². The molecule has 0 saturated carbocycles. The summed E-state index contributed by atoms with van der Waals surface area (Å²) >= 11 is 11.9. The van der Waals surface area contributed by atoms with Gasteiger partial charge in [-0.3, -0.25) is 15.0 Å². The molecule has 6 nitrogen and oxygen atoms in total. The first kappa shape index (κ1) is 16.3. The summed E-state index contributed by atoms with van der Waals surface area (Å²) in [6, 6.07) is 2.86. The van der Waals surface area contributed by atoms with Gasteiger partial charge in [-0.2, -0.15) is 0 Å². The molecule has 1 heterocycles. The first-order chi connectivity index (χ1) is 10.0. The Morgan fingerprint density at radius 2 is 1.90 bits per heavy atom. The highest BCUT2D eigenvalue weighted by molar-refractivity contribution is 6.42. The van der Waals surface area contributed by atoms with E-state index in [9.17, 15) is 10.1 Å². The van der Waals surface area contributed by atoms with Crippen molar-refractivity contribution in [1.82, 2.24) is 4.90 Å². The largest absolute Gasteiger partial charge is 0.395 e. The van der Waals surface area contributed by atoms with E-state index in [1.54, 1.807) is 6.07 Å². The Kier molecular flexibility index (Phi) is 5.64. The zero-order valence-electron chi connectivity index (χ0n) is 11.5. The average Bonchev–Trinajstić information content (AvgIpc) is 2.67. The lowest BCUT2D eigenvalue weighted by Gasteiger charge is -2.23. The Morgan fingerprint density at radius 3 is 2.57 bits per heavy atom. The van der Waals surface area contributed by atoms with Crippen molar-refractivity contribution in [2.24, 2.45) is 0 Å². The van der Waals surface area contributed by atoms with Crippen molar-refractivity contribution in [2.45, 2.75) is 6.42 Å². The topological polar surface area (TPSA) is 69.9 Å². The summed E-state index contributed by atoms with van der Waals surface area (Å²) in [7, 11) is 0. The van der Waals surface area contributed by atoms with Crippen LogP contribution in [0.4, 0.5) is 11.4 Å². The van der Waals surface area contributed by atoms with Gasteiger partial charge in [0.15, 0.2) is 0 Å². The van der Waals surface area contributed by atoms with Crippen LogP contribution in [-0.2, 0) is 0 Å². The number of hydrogen-bond donors (Lipinski definition) is 1. The summed E-state index contributed by atoms with van der Waals surface area (Å²) in [5.41, 5.74) is 0.472. The van der Waals surface area contributed by atoms with Gasteiger partial charge in [-0.15, -0.1) is 0 Å². The number of hydrogen-bond acceptors (Lipinski definition) is 5. The fourth-order valence-electron chi connectivity index (χ4n) is 2.50. The number of nitro benzene ring substituents is 1. The first-order valence-electron chi connectivity index (χ1n) is 6.74. The summed E-state index contributed by atoms with van der Waals surface area (Å²) in [5, 5.41) is 20.7. The van der Waals surface area contributed by atoms with Crippen molar-refractivity contribution in [3.63, 3.8) is 0 Å². The van der Waals surface area contributed by atoms with E-state index in [0.717, 1.165) is 19.5 Å². The fraction of sp³-hybridized carbons (Fsp3) is 0.538. The predicted molar refractivity (Wildman–Crippen MR) is 83.5 cm³/mol. The third kappa shape index (κ3) is 3.97. The van der Waals surface area contributed by atoms with E-state index in [4.69, 9.17) is 28.3 Å². The van der Waals surface area contributed by atoms with Crippen molar-refractivity contribution in [3.05, 3.63) is 32.3 Å². The molecule has 116 valence electrons. The molecular formula is C13H17Cl2N3O3. The molecular weight excluding hydrogens is 317 g/mol. The van der Waals surface area contributed by atoms with Crippen LogP contribution < -0.4 is 4.90 Å². The zero-order chi connectivity index (χ0) is 15.4. The van der Waals surface area contributed by atoms with Gasteiger partial charge >= 0.3 is 0 Å². The third-order valence-corrected chi connectivity index (χ3v) is 4.28. The number of benzene rings is 1. The normalized spacial score (nSPS) is 16.8. The molecule has 21 heavy (non-hydrogen) atoms. The molecule has 1 fully saturated rings. The smallest absolute Gasteiger partial charge is 0.294 e. The molecule has 1 aromatic rings. The second-order valence-corrected chi connectivity index (χ2v) is 5.73. The maximum atomic E-state index is 11.2. The van der Waals surface area contributed by atoms with E-state index >= 15 is 0 Å².